The van der Waals surface area contributed by atoms with Crippen LogP contribution in [-0.4, -0.2) is 52.4 Å². The second-order valence-electron chi connectivity index (χ2n) is 6.38. The molecule has 0 bridgehead atoms. The van der Waals surface area contributed by atoms with E-state index in [0.29, 0.717) is 11.8 Å². The highest BCUT2D eigenvalue weighted by molar-refractivity contribution is 5.54. The quantitative estimate of drug-likeness (QED) is 0.872. The van der Waals surface area contributed by atoms with Crippen molar-refractivity contribution in [3.05, 3.63) is 17.7 Å². The Morgan fingerprint density at radius 3 is 2.04 bits per heavy atom. The number of hydrogen-bond acceptors (Lipinski definition) is 5. The molecule has 1 N–H and O–H groups in total. The molecular formula is C18H28N2O3. The molecule has 2 fully saturated rings. The molecule has 5 nitrogen and oxygen atoms in total. The molecule has 1 saturated heterocycles. The van der Waals surface area contributed by atoms with Crippen molar-refractivity contribution in [2.24, 2.45) is 5.92 Å². The van der Waals surface area contributed by atoms with E-state index < -0.39 is 0 Å². The van der Waals surface area contributed by atoms with Crippen LogP contribution in [0, 0.1) is 5.92 Å². The van der Waals surface area contributed by atoms with Gasteiger partial charge in [0.05, 0.1) is 21.3 Å². The van der Waals surface area contributed by atoms with E-state index in [-0.39, 0.29) is 0 Å². The zero-order valence-corrected chi connectivity index (χ0v) is 14.4. The van der Waals surface area contributed by atoms with Crippen molar-refractivity contribution in [3.8, 4) is 17.2 Å². The monoisotopic (exact) mass is 320 g/mol. The van der Waals surface area contributed by atoms with E-state index in [4.69, 9.17) is 14.2 Å². The molecule has 0 radical (unpaired) electrons. The van der Waals surface area contributed by atoms with Crippen LogP contribution in [-0.2, 0) is 0 Å². The summed E-state index contributed by atoms with van der Waals surface area (Å²) in [6.07, 6.45) is 3.97. The maximum absolute atomic E-state index is 5.55. The molecule has 0 unspecified atom stereocenters. The molecule has 0 aromatic heterocycles. The van der Waals surface area contributed by atoms with Crippen molar-refractivity contribution in [2.75, 3.05) is 47.5 Å². The van der Waals surface area contributed by atoms with Gasteiger partial charge in [0, 0.05) is 32.2 Å². The zero-order valence-electron chi connectivity index (χ0n) is 14.4. The molecule has 0 amide bonds. The normalized spacial score (nSPS) is 20.7. The van der Waals surface area contributed by atoms with Crippen LogP contribution in [0.3, 0.4) is 0 Å². The third-order valence-electron chi connectivity index (χ3n) is 5.17. The first-order valence-electron chi connectivity index (χ1n) is 8.53. The lowest BCUT2D eigenvalue weighted by molar-refractivity contribution is 0.0833. The van der Waals surface area contributed by atoms with Gasteiger partial charge in [-0.2, -0.15) is 0 Å². The van der Waals surface area contributed by atoms with E-state index >= 15 is 0 Å². The maximum Gasteiger partial charge on any atom is 0.203 e. The van der Waals surface area contributed by atoms with Crippen LogP contribution in [0.5, 0.6) is 17.2 Å². The highest BCUT2D eigenvalue weighted by atomic mass is 16.5. The standard InChI is InChI=1S/C18H28N2O3/c1-21-15-11-14(12-16(22-2)18(15)23-3)17(13-5-4-6-13)20-9-7-19-8-10-20/h11-13,17,19H,4-10H2,1-3H3/t17-/m1/s1. The number of rotatable bonds is 6. The van der Waals surface area contributed by atoms with Crippen molar-refractivity contribution < 1.29 is 14.2 Å². The van der Waals surface area contributed by atoms with Gasteiger partial charge in [0.1, 0.15) is 0 Å². The number of nitrogens with one attached hydrogen (secondary N) is 1. The number of benzene rings is 1. The fourth-order valence-corrected chi connectivity index (χ4v) is 3.77. The van der Waals surface area contributed by atoms with E-state index in [0.717, 1.165) is 43.6 Å². The van der Waals surface area contributed by atoms with E-state index in [9.17, 15) is 0 Å². The number of ether oxygens (including phenoxy) is 3. The Labute approximate surface area is 138 Å². The van der Waals surface area contributed by atoms with Crippen molar-refractivity contribution in [1.29, 1.82) is 0 Å². The van der Waals surface area contributed by atoms with Gasteiger partial charge in [0.15, 0.2) is 11.5 Å². The van der Waals surface area contributed by atoms with Crippen molar-refractivity contribution >= 4 is 0 Å². The molecule has 1 aliphatic heterocycles. The minimum Gasteiger partial charge on any atom is -0.493 e. The fourth-order valence-electron chi connectivity index (χ4n) is 3.77. The first-order chi connectivity index (χ1) is 11.3. The molecule has 1 atom stereocenters. The van der Waals surface area contributed by atoms with Crippen LogP contribution < -0.4 is 19.5 Å². The molecule has 2 aliphatic rings. The Balaban J connectivity index is 1.97. The Morgan fingerprint density at radius 1 is 1.00 bits per heavy atom. The molecule has 1 aromatic carbocycles. The Hall–Kier alpha value is -1.46. The highest BCUT2D eigenvalue weighted by Gasteiger charge is 2.34. The van der Waals surface area contributed by atoms with E-state index in [1.165, 1.54) is 24.8 Å². The van der Waals surface area contributed by atoms with Gasteiger partial charge in [0.25, 0.3) is 0 Å². The molecule has 3 rings (SSSR count). The number of piperazine rings is 1. The SMILES string of the molecule is COc1cc([C@@H](C2CCC2)N2CCNCC2)cc(OC)c1OC. The zero-order chi connectivity index (χ0) is 16.2. The number of methoxy groups -OCH3 is 3. The molecule has 1 aliphatic carbocycles. The summed E-state index contributed by atoms with van der Waals surface area (Å²) in [7, 11) is 5.02. The predicted octanol–water partition coefficient (Wildman–Crippen LogP) is 2.46. The van der Waals surface area contributed by atoms with Gasteiger partial charge in [-0.1, -0.05) is 6.42 Å². The second-order valence-corrected chi connectivity index (χ2v) is 6.38. The predicted molar refractivity (Wildman–Crippen MR) is 90.6 cm³/mol. The van der Waals surface area contributed by atoms with Gasteiger partial charge >= 0.3 is 0 Å². The third-order valence-corrected chi connectivity index (χ3v) is 5.17. The van der Waals surface area contributed by atoms with Gasteiger partial charge < -0.3 is 19.5 Å². The Kier molecular flexibility index (Phi) is 5.28. The molecule has 0 spiro atoms. The van der Waals surface area contributed by atoms with Gasteiger partial charge in [0.2, 0.25) is 5.75 Å². The summed E-state index contributed by atoms with van der Waals surface area (Å²) in [5.41, 5.74) is 1.28. The molecule has 128 valence electrons. The van der Waals surface area contributed by atoms with Crippen LogP contribution in [0.4, 0.5) is 0 Å². The van der Waals surface area contributed by atoms with Crippen LogP contribution in [0.1, 0.15) is 30.9 Å². The summed E-state index contributed by atoms with van der Waals surface area (Å²) in [5, 5.41) is 3.45. The van der Waals surface area contributed by atoms with Gasteiger partial charge in [-0.15, -0.1) is 0 Å². The van der Waals surface area contributed by atoms with Gasteiger partial charge in [-0.3, -0.25) is 4.90 Å². The molecule has 23 heavy (non-hydrogen) atoms. The summed E-state index contributed by atoms with van der Waals surface area (Å²) in [5.74, 6) is 2.91. The summed E-state index contributed by atoms with van der Waals surface area (Å²) in [6, 6.07) is 4.71. The second kappa shape index (κ2) is 7.41. The van der Waals surface area contributed by atoms with E-state index in [2.05, 4.69) is 22.3 Å². The smallest absolute Gasteiger partial charge is 0.203 e. The molecular weight excluding hydrogens is 292 g/mol. The number of hydrogen-bond donors (Lipinski definition) is 1. The highest BCUT2D eigenvalue weighted by Crippen LogP contribution is 2.46. The van der Waals surface area contributed by atoms with Crippen molar-refractivity contribution in [3.63, 3.8) is 0 Å². The topological polar surface area (TPSA) is 43.0 Å². The first-order valence-corrected chi connectivity index (χ1v) is 8.53. The Morgan fingerprint density at radius 2 is 1.61 bits per heavy atom. The minimum atomic E-state index is 0.444. The average molecular weight is 320 g/mol. The van der Waals surface area contributed by atoms with Crippen molar-refractivity contribution in [2.45, 2.75) is 25.3 Å². The lowest BCUT2D eigenvalue weighted by atomic mass is 9.76. The molecule has 5 heteroatoms. The number of nitrogens with zero attached hydrogens (tertiary/aromatic N) is 1. The van der Waals surface area contributed by atoms with Gasteiger partial charge in [-0.25, -0.2) is 0 Å². The molecule has 1 aromatic rings. The van der Waals surface area contributed by atoms with Gasteiger partial charge in [-0.05, 0) is 36.5 Å². The molecule has 1 saturated carbocycles. The van der Waals surface area contributed by atoms with Crippen LogP contribution in [0.15, 0.2) is 12.1 Å². The van der Waals surface area contributed by atoms with Crippen molar-refractivity contribution in [1.82, 2.24) is 10.2 Å². The van der Waals surface area contributed by atoms with E-state index in [1.807, 2.05) is 0 Å². The lowest BCUT2D eigenvalue weighted by Crippen LogP contribution is -2.47. The molecule has 1 heterocycles. The average Bonchev–Trinajstić information content (AvgIpc) is 2.57. The summed E-state index contributed by atoms with van der Waals surface area (Å²) >= 11 is 0. The van der Waals surface area contributed by atoms with Crippen LogP contribution in [0.25, 0.3) is 0 Å². The fraction of sp³-hybridized carbons (Fsp3) is 0.667. The third kappa shape index (κ3) is 3.26. The van der Waals surface area contributed by atoms with Crippen LogP contribution >= 0.6 is 0 Å². The van der Waals surface area contributed by atoms with E-state index in [1.54, 1.807) is 21.3 Å². The lowest BCUT2D eigenvalue weighted by Gasteiger charge is -2.43. The summed E-state index contributed by atoms with van der Waals surface area (Å²) in [4.78, 5) is 2.61. The maximum atomic E-state index is 5.55. The van der Waals surface area contributed by atoms with Crippen LogP contribution in [0.2, 0.25) is 0 Å². The largest absolute Gasteiger partial charge is 0.493 e. The summed E-state index contributed by atoms with van der Waals surface area (Å²) < 4.78 is 16.6. The first kappa shape index (κ1) is 16.4. The minimum absolute atomic E-state index is 0.444. The summed E-state index contributed by atoms with van der Waals surface area (Å²) in [6.45, 7) is 4.32. The Bertz CT molecular complexity index is 500.